The van der Waals surface area contributed by atoms with Gasteiger partial charge in [-0.15, -0.1) is 0 Å². The van der Waals surface area contributed by atoms with E-state index in [-0.39, 0.29) is 29.5 Å². The second-order valence-corrected chi connectivity index (χ2v) is 8.27. The topological polar surface area (TPSA) is 79.3 Å². The molecule has 0 amide bonds. The fraction of sp³-hybridized carbons (Fsp3) is 0.650. The van der Waals surface area contributed by atoms with E-state index in [0.29, 0.717) is 18.6 Å². The maximum absolute atomic E-state index is 12.3. The molecule has 2 N–H and O–H groups in total. The van der Waals surface area contributed by atoms with Crippen LogP contribution in [0.2, 0.25) is 0 Å². The lowest BCUT2D eigenvalue weighted by Gasteiger charge is -2.34. The molecular formula is C20H28O5. The van der Waals surface area contributed by atoms with Gasteiger partial charge in [0.15, 0.2) is 0 Å². The number of aliphatic hydroxyl groups is 2. The Hall–Kier alpha value is -1.43. The number of hydrogen-bond donors (Lipinski definition) is 2. The van der Waals surface area contributed by atoms with Gasteiger partial charge in [-0.05, 0) is 40.0 Å². The molecule has 0 spiro atoms. The van der Waals surface area contributed by atoms with Crippen molar-refractivity contribution in [1.29, 1.82) is 0 Å². The standard InChI is InChI=1S/C20H28O5/c1-12-10-16(21)17-20(4,25-17)9-7-13-14(6-5-8-19(2,3)23)18(22)24-11-15(12)13/h5-6,8,13,15-17,21,23H,1,7,9-11H2,2-4H3/b8-5+,14-6-/t13-,15+,16-,17-,20+/m0/s1. The molecule has 25 heavy (non-hydrogen) atoms. The number of hydrogen-bond acceptors (Lipinski definition) is 5. The first-order valence-corrected chi connectivity index (χ1v) is 8.93. The summed E-state index contributed by atoms with van der Waals surface area (Å²) in [5, 5.41) is 20.2. The summed E-state index contributed by atoms with van der Waals surface area (Å²) in [4.78, 5) is 12.3. The zero-order valence-electron chi connectivity index (χ0n) is 15.2. The fourth-order valence-corrected chi connectivity index (χ4v) is 3.98. The summed E-state index contributed by atoms with van der Waals surface area (Å²) in [6, 6.07) is 0. The van der Waals surface area contributed by atoms with Gasteiger partial charge in [-0.25, -0.2) is 4.79 Å². The molecule has 1 saturated carbocycles. The molecule has 0 unspecified atom stereocenters. The summed E-state index contributed by atoms with van der Waals surface area (Å²) >= 11 is 0. The van der Waals surface area contributed by atoms with Crippen molar-refractivity contribution in [3.63, 3.8) is 0 Å². The van der Waals surface area contributed by atoms with E-state index in [1.54, 1.807) is 32.1 Å². The van der Waals surface area contributed by atoms with Crippen LogP contribution in [0.5, 0.6) is 0 Å². The summed E-state index contributed by atoms with van der Waals surface area (Å²) in [7, 11) is 0. The van der Waals surface area contributed by atoms with Crippen LogP contribution in [0.4, 0.5) is 0 Å². The second kappa shape index (κ2) is 6.38. The van der Waals surface area contributed by atoms with Gasteiger partial charge in [0.2, 0.25) is 0 Å². The normalized spacial score (nSPS) is 40.8. The van der Waals surface area contributed by atoms with E-state index in [9.17, 15) is 15.0 Å². The highest BCUT2D eigenvalue weighted by Crippen LogP contribution is 2.49. The van der Waals surface area contributed by atoms with Crippen molar-refractivity contribution in [2.24, 2.45) is 11.8 Å². The van der Waals surface area contributed by atoms with Gasteiger partial charge >= 0.3 is 5.97 Å². The number of ether oxygens (including phenoxy) is 2. The maximum Gasteiger partial charge on any atom is 0.334 e. The second-order valence-electron chi connectivity index (χ2n) is 8.27. The van der Waals surface area contributed by atoms with E-state index in [0.717, 1.165) is 18.4 Å². The van der Waals surface area contributed by atoms with Gasteiger partial charge < -0.3 is 19.7 Å². The third-order valence-corrected chi connectivity index (χ3v) is 5.53. The molecule has 0 aromatic carbocycles. The molecule has 0 bridgehead atoms. The van der Waals surface area contributed by atoms with Crippen LogP contribution in [0.3, 0.4) is 0 Å². The van der Waals surface area contributed by atoms with Gasteiger partial charge in [-0.2, -0.15) is 0 Å². The number of fused-ring (bicyclic) bond motifs is 2. The molecule has 138 valence electrons. The Morgan fingerprint density at radius 2 is 2.08 bits per heavy atom. The van der Waals surface area contributed by atoms with E-state index in [1.807, 2.05) is 6.92 Å². The highest BCUT2D eigenvalue weighted by Gasteiger charge is 2.57. The van der Waals surface area contributed by atoms with Crippen LogP contribution in [0, 0.1) is 11.8 Å². The van der Waals surface area contributed by atoms with Gasteiger partial charge in [-0.3, -0.25) is 0 Å². The minimum Gasteiger partial charge on any atom is -0.462 e. The monoisotopic (exact) mass is 348 g/mol. The Morgan fingerprint density at radius 1 is 1.36 bits per heavy atom. The average molecular weight is 348 g/mol. The van der Waals surface area contributed by atoms with Crippen molar-refractivity contribution in [2.75, 3.05) is 6.61 Å². The third kappa shape index (κ3) is 3.89. The van der Waals surface area contributed by atoms with Crippen LogP contribution in [0.15, 0.2) is 36.0 Å². The zero-order chi connectivity index (χ0) is 18.4. The third-order valence-electron chi connectivity index (χ3n) is 5.53. The molecule has 5 heteroatoms. The molecule has 3 rings (SSSR count). The van der Waals surface area contributed by atoms with Crippen molar-refractivity contribution in [3.8, 4) is 0 Å². The first-order chi connectivity index (χ1) is 11.6. The van der Waals surface area contributed by atoms with Crippen LogP contribution in [-0.2, 0) is 14.3 Å². The molecule has 0 aromatic rings. The van der Waals surface area contributed by atoms with E-state index in [4.69, 9.17) is 9.47 Å². The summed E-state index contributed by atoms with van der Waals surface area (Å²) in [5.41, 5.74) is 0.255. The van der Waals surface area contributed by atoms with E-state index >= 15 is 0 Å². The molecule has 5 nitrogen and oxygen atoms in total. The van der Waals surface area contributed by atoms with Crippen molar-refractivity contribution in [1.82, 2.24) is 0 Å². The summed E-state index contributed by atoms with van der Waals surface area (Å²) in [6.45, 7) is 9.84. The number of aliphatic hydroxyl groups excluding tert-OH is 1. The summed E-state index contributed by atoms with van der Waals surface area (Å²) in [5.74, 6) is -0.310. The molecule has 3 aliphatic rings. The summed E-state index contributed by atoms with van der Waals surface area (Å²) in [6.07, 6.45) is 6.41. The van der Waals surface area contributed by atoms with E-state index < -0.39 is 11.7 Å². The molecule has 2 aliphatic heterocycles. The Morgan fingerprint density at radius 3 is 2.76 bits per heavy atom. The number of allylic oxidation sites excluding steroid dienone is 2. The number of cyclic esters (lactones) is 1. The molecule has 0 aromatic heterocycles. The Labute approximate surface area is 149 Å². The van der Waals surface area contributed by atoms with Crippen LogP contribution in [0.25, 0.3) is 0 Å². The largest absolute Gasteiger partial charge is 0.462 e. The molecule has 3 fully saturated rings. The van der Waals surface area contributed by atoms with Crippen LogP contribution in [0.1, 0.15) is 40.0 Å². The Bertz CT molecular complexity index is 626. The van der Waals surface area contributed by atoms with Gasteiger partial charge in [0.1, 0.15) is 6.10 Å². The van der Waals surface area contributed by atoms with E-state index in [1.165, 1.54) is 0 Å². The van der Waals surface area contributed by atoms with Gasteiger partial charge in [0.25, 0.3) is 0 Å². The Balaban J connectivity index is 1.88. The number of esters is 1. The highest BCUT2D eigenvalue weighted by atomic mass is 16.6. The molecular weight excluding hydrogens is 320 g/mol. The van der Waals surface area contributed by atoms with Crippen LogP contribution >= 0.6 is 0 Å². The molecule has 2 saturated heterocycles. The SMILES string of the molecule is C=C1C[C@H](O)[C@@H]2O[C@]2(C)CC[C@H]2/C(=C/C=C/C(C)(C)O)C(=O)OC[C@H]12. The fourth-order valence-electron chi connectivity index (χ4n) is 3.98. The van der Waals surface area contributed by atoms with Crippen molar-refractivity contribution >= 4 is 5.97 Å². The lowest BCUT2D eigenvalue weighted by Crippen LogP contribution is -2.35. The predicted molar refractivity (Wildman–Crippen MR) is 93.7 cm³/mol. The first-order valence-electron chi connectivity index (χ1n) is 8.93. The van der Waals surface area contributed by atoms with E-state index in [2.05, 4.69) is 6.58 Å². The van der Waals surface area contributed by atoms with Crippen LogP contribution < -0.4 is 0 Å². The van der Waals surface area contributed by atoms with Crippen molar-refractivity contribution < 1.29 is 24.5 Å². The predicted octanol–water partition coefficient (Wildman–Crippen LogP) is 2.29. The summed E-state index contributed by atoms with van der Waals surface area (Å²) < 4.78 is 11.1. The molecule has 0 radical (unpaired) electrons. The van der Waals surface area contributed by atoms with Crippen molar-refractivity contribution in [2.45, 2.75) is 63.4 Å². The lowest BCUT2D eigenvalue weighted by atomic mass is 9.76. The van der Waals surface area contributed by atoms with Gasteiger partial charge in [0.05, 0.1) is 23.9 Å². The average Bonchev–Trinajstić information content (AvgIpc) is 3.17. The Kier molecular flexibility index (Phi) is 4.69. The minimum absolute atomic E-state index is 0.00724. The lowest BCUT2D eigenvalue weighted by molar-refractivity contribution is -0.144. The minimum atomic E-state index is -0.941. The highest BCUT2D eigenvalue weighted by molar-refractivity contribution is 5.90. The number of rotatable bonds is 2. The molecule has 2 heterocycles. The number of epoxide rings is 1. The molecule has 1 aliphatic carbocycles. The molecule has 5 atom stereocenters. The smallest absolute Gasteiger partial charge is 0.334 e. The van der Waals surface area contributed by atoms with Gasteiger partial charge in [-0.1, -0.05) is 30.4 Å². The van der Waals surface area contributed by atoms with Gasteiger partial charge in [0, 0.05) is 17.4 Å². The quantitative estimate of drug-likeness (QED) is 0.346. The number of carbonyl (C=O) groups is 1. The number of carbonyl (C=O) groups excluding carboxylic acids is 1. The maximum atomic E-state index is 12.3. The van der Waals surface area contributed by atoms with Crippen molar-refractivity contribution in [3.05, 3.63) is 36.0 Å². The first kappa shape index (κ1) is 18.4. The zero-order valence-corrected chi connectivity index (χ0v) is 15.2. The van der Waals surface area contributed by atoms with Crippen LogP contribution in [-0.4, -0.2) is 46.2 Å².